The van der Waals surface area contributed by atoms with Crippen molar-refractivity contribution >= 4 is 22.7 Å². The molecule has 0 aliphatic heterocycles. The van der Waals surface area contributed by atoms with Gasteiger partial charge in [0, 0.05) is 83.7 Å². The Morgan fingerprint density at radius 2 is 0.934 bits per heavy atom. The van der Waals surface area contributed by atoms with Gasteiger partial charge in [0.1, 0.15) is 23.0 Å². The van der Waals surface area contributed by atoms with Gasteiger partial charge in [0.15, 0.2) is 0 Å². The SMILES string of the molecule is C#C/C=C(\C=C(/C)N=Nc1cc2c(O)c(c1)Cc1cc(N=N/C(C)=C/C(=C\C#C)[N+](=O)[O-])cc(c1O)Cc1cc(N=NC3=CC([N+](=O)[O-])=CC3)cc(c1O)CCCCc1cc(N=NC3=CC=CC3)cc(c1O)C2)[N+](=O)[O-]. The zero-order valence-electron chi connectivity index (χ0n) is 41.0. The van der Waals surface area contributed by atoms with Crippen molar-refractivity contribution in [2.75, 3.05) is 0 Å². The molecule has 21 nitrogen and oxygen atoms in total. The zero-order valence-corrected chi connectivity index (χ0v) is 41.0. The van der Waals surface area contributed by atoms with Crippen LogP contribution in [-0.4, -0.2) is 35.2 Å². The van der Waals surface area contributed by atoms with Crippen LogP contribution in [-0.2, 0) is 32.1 Å². The highest BCUT2D eigenvalue weighted by atomic mass is 16.6. The van der Waals surface area contributed by atoms with Crippen LogP contribution in [0.15, 0.2) is 184 Å². The molecule has 0 saturated heterocycles. The van der Waals surface area contributed by atoms with E-state index in [-0.39, 0.29) is 99.4 Å². The molecule has 0 fully saturated rings. The molecule has 4 aromatic rings. The van der Waals surface area contributed by atoms with Gasteiger partial charge >= 0.3 is 0 Å². The van der Waals surface area contributed by atoms with Crippen molar-refractivity contribution < 1.29 is 35.2 Å². The van der Waals surface area contributed by atoms with Gasteiger partial charge in [0.05, 0.1) is 72.5 Å². The van der Waals surface area contributed by atoms with Crippen molar-refractivity contribution in [2.24, 2.45) is 40.9 Å². The number of phenols is 4. The minimum absolute atomic E-state index is 0.0636. The Morgan fingerprint density at radius 1 is 0.553 bits per heavy atom. The molecule has 0 saturated carbocycles. The lowest BCUT2D eigenvalue weighted by Crippen LogP contribution is -1.99. The zero-order chi connectivity index (χ0) is 54.5. The van der Waals surface area contributed by atoms with E-state index in [0.29, 0.717) is 71.4 Å². The van der Waals surface area contributed by atoms with Gasteiger partial charge < -0.3 is 20.4 Å². The van der Waals surface area contributed by atoms with Crippen molar-refractivity contribution in [3.63, 3.8) is 0 Å². The van der Waals surface area contributed by atoms with Crippen LogP contribution in [0.4, 0.5) is 22.7 Å². The van der Waals surface area contributed by atoms with Crippen LogP contribution in [0.5, 0.6) is 23.0 Å². The first-order valence-electron chi connectivity index (χ1n) is 23.4. The lowest BCUT2D eigenvalue weighted by molar-refractivity contribution is -0.419. The van der Waals surface area contributed by atoms with Gasteiger partial charge in [-0.15, -0.1) is 12.8 Å². The highest BCUT2D eigenvalue weighted by molar-refractivity contribution is 5.62. The molecule has 0 heterocycles. The second kappa shape index (κ2) is 24.4. The van der Waals surface area contributed by atoms with Crippen LogP contribution in [0.2, 0.25) is 0 Å². The van der Waals surface area contributed by atoms with Crippen molar-refractivity contribution in [2.45, 2.75) is 71.6 Å². The average molecular weight is 1020 g/mol. The number of aromatic hydroxyl groups is 4. The minimum atomic E-state index is -0.679. The first kappa shape index (κ1) is 53.5. The smallest absolute Gasteiger partial charge is 0.279 e. The van der Waals surface area contributed by atoms with Crippen LogP contribution in [0, 0.1) is 55.0 Å². The molecule has 3 aliphatic carbocycles. The number of aryl methyl sites for hydroxylation is 2. The molecule has 8 bridgehead atoms. The number of terminal acetylenes is 2. The highest BCUT2D eigenvalue weighted by Gasteiger charge is 2.22. The Labute approximate surface area is 434 Å². The summed E-state index contributed by atoms with van der Waals surface area (Å²) in [6.07, 6.45) is 25.2. The molecule has 76 heavy (non-hydrogen) atoms. The Morgan fingerprint density at radius 3 is 1.29 bits per heavy atom. The number of allylic oxidation sites excluding steroid dienone is 11. The minimum Gasteiger partial charge on any atom is -0.507 e. The molecule has 21 heteroatoms. The van der Waals surface area contributed by atoms with Crippen LogP contribution < -0.4 is 0 Å². The van der Waals surface area contributed by atoms with E-state index in [1.54, 1.807) is 24.3 Å². The number of fused-ring (bicyclic) bond motifs is 8. The number of hydrogen-bond donors (Lipinski definition) is 4. The summed E-state index contributed by atoms with van der Waals surface area (Å²) in [7, 11) is 0. The van der Waals surface area contributed by atoms with Crippen molar-refractivity contribution in [3.8, 4) is 47.7 Å². The van der Waals surface area contributed by atoms with Crippen LogP contribution in [0.3, 0.4) is 0 Å². The average Bonchev–Trinajstić information content (AvgIpc) is 4.11. The van der Waals surface area contributed by atoms with Crippen molar-refractivity contribution in [3.05, 3.63) is 218 Å². The van der Waals surface area contributed by atoms with Gasteiger partial charge in [0.25, 0.3) is 17.1 Å². The molecule has 4 N–H and O–H groups in total. The Hall–Kier alpha value is -10.3. The number of benzene rings is 4. The van der Waals surface area contributed by atoms with Crippen molar-refractivity contribution in [1.29, 1.82) is 0 Å². The third kappa shape index (κ3) is 13.8. The monoisotopic (exact) mass is 1020 g/mol. The van der Waals surface area contributed by atoms with E-state index in [0.717, 1.165) is 30.0 Å². The molecular formula is C55H47N11O10. The predicted octanol–water partition coefficient (Wildman–Crippen LogP) is 13.2. The van der Waals surface area contributed by atoms with E-state index >= 15 is 0 Å². The molecule has 4 aromatic carbocycles. The fraction of sp³-hybridized carbons (Fsp3) is 0.200. The van der Waals surface area contributed by atoms with Crippen LogP contribution >= 0.6 is 0 Å². The maximum absolute atomic E-state index is 12.2. The number of phenolic OH excluding ortho intramolecular Hbond substituents is 4. The fourth-order valence-corrected chi connectivity index (χ4v) is 8.31. The van der Waals surface area contributed by atoms with Gasteiger partial charge in [-0.1, -0.05) is 24.0 Å². The fourth-order valence-electron chi connectivity index (χ4n) is 8.31. The summed E-state index contributed by atoms with van der Waals surface area (Å²) >= 11 is 0. The summed E-state index contributed by atoms with van der Waals surface area (Å²) in [4.78, 5) is 32.8. The van der Waals surface area contributed by atoms with E-state index in [1.807, 2.05) is 18.2 Å². The van der Waals surface area contributed by atoms with Gasteiger partial charge in [-0.2, -0.15) is 40.9 Å². The molecule has 382 valence electrons. The largest absolute Gasteiger partial charge is 0.507 e. The molecule has 0 amide bonds. The van der Waals surface area contributed by atoms with E-state index in [4.69, 9.17) is 12.8 Å². The first-order valence-corrected chi connectivity index (χ1v) is 23.4. The maximum Gasteiger partial charge on any atom is 0.279 e. The second-order valence-electron chi connectivity index (χ2n) is 17.6. The lowest BCUT2D eigenvalue weighted by Gasteiger charge is -2.16. The molecule has 0 radical (unpaired) electrons. The number of hydrogen-bond acceptors (Lipinski definition) is 18. The number of nitro groups is 3. The molecule has 3 aliphatic rings. The molecule has 0 atom stereocenters. The quantitative estimate of drug-likeness (QED) is 0.0322. The van der Waals surface area contributed by atoms with Crippen LogP contribution in [0.1, 0.15) is 84.0 Å². The standard InChI is InChI=1S/C55H47N11O10/c1-5-11-49(64(71)72)19-33(3)56-60-47-28-39-21-37-26-45(62-58-43-15-9-10-16-43)24-35(52(37)67)13-7-8-14-36-25-46(63-59-44-17-18-51(32-44)66(75)76)27-38(53(36)68)22-40-29-48(31-42(55(40)70)23-41(30-47)54(39)69)61-57-34(4)20-50(12-6-2)65(73)74/h1-2,9-12,15,18-20,24-32,67-70H,7-8,13-14,16-17,21-23H2,3-4H3/b33-19+,34-20+,49-11+,50-12+,60-56?,61-57?,62-58?,63-59?. The number of nitrogens with zero attached hydrogens (tertiary/aromatic N) is 11. The summed E-state index contributed by atoms with van der Waals surface area (Å²) in [5, 5.41) is 118. The number of azo groups is 4. The topological polar surface area (TPSA) is 309 Å². The van der Waals surface area contributed by atoms with Gasteiger partial charge in [0.2, 0.25) is 0 Å². The lowest BCUT2D eigenvalue weighted by atomic mass is 9.92. The van der Waals surface area contributed by atoms with Crippen LogP contribution in [0.25, 0.3) is 0 Å². The first-order chi connectivity index (χ1) is 36.5. The number of rotatable bonds is 13. The normalized spacial score (nSPS) is 15.6. The predicted molar refractivity (Wildman–Crippen MR) is 281 cm³/mol. The summed E-state index contributed by atoms with van der Waals surface area (Å²) < 4.78 is 0. The summed E-state index contributed by atoms with van der Waals surface area (Å²) in [5.74, 6) is 3.56. The summed E-state index contributed by atoms with van der Waals surface area (Å²) in [5.41, 5.74) is 3.93. The van der Waals surface area contributed by atoms with E-state index in [2.05, 4.69) is 52.8 Å². The maximum atomic E-state index is 12.2. The summed E-state index contributed by atoms with van der Waals surface area (Å²) in [6.45, 7) is 2.95. The summed E-state index contributed by atoms with van der Waals surface area (Å²) in [6, 6.07) is 12.6. The highest BCUT2D eigenvalue weighted by Crippen LogP contribution is 2.42. The van der Waals surface area contributed by atoms with Gasteiger partial charge in [-0.3, -0.25) is 30.3 Å². The Balaban J connectivity index is 1.43. The molecule has 7 rings (SSSR count). The third-order valence-corrected chi connectivity index (χ3v) is 11.9. The molecule has 0 aromatic heterocycles. The van der Waals surface area contributed by atoms with E-state index in [9.17, 15) is 50.8 Å². The Bertz CT molecular complexity index is 3540. The molecular weight excluding hydrogens is 975 g/mol. The Kier molecular flexibility index (Phi) is 17.2. The second-order valence-corrected chi connectivity index (χ2v) is 17.6. The van der Waals surface area contributed by atoms with E-state index in [1.165, 1.54) is 50.3 Å². The van der Waals surface area contributed by atoms with Gasteiger partial charge in [-0.25, -0.2) is 0 Å². The molecule has 0 spiro atoms. The third-order valence-electron chi connectivity index (χ3n) is 11.9. The van der Waals surface area contributed by atoms with Gasteiger partial charge in [-0.05, 0) is 111 Å². The van der Waals surface area contributed by atoms with Crippen molar-refractivity contribution in [1.82, 2.24) is 0 Å². The van der Waals surface area contributed by atoms with E-state index < -0.39 is 26.2 Å². The molecule has 0 unspecified atom stereocenters.